The van der Waals surface area contributed by atoms with Crippen molar-refractivity contribution in [3.05, 3.63) is 34.6 Å². The molecule has 1 unspecified atom stereocenters. The van der Waals surface area contributed by atoms with Gasteiger partial charge < -0.3 is 11.5 Å². The summed E-state index contributed by atoms with van der Waals surface area (Å²) in [7, 11) is 1.74. The summed E-state index contributed by atoms with van der Waals surface area (Å²) in [6.45, 7) is 0. The van der Waals surface area contributed by atoms with Crippen molar-refractivity contribution in [2.24, 2.45) is 12.9 Å². The number of halogens is 1. The smallest absolute Gasteiger partial charge is 0.128 e. The van der Waals surface area contributed by atoms with Crippen LogP contribution in [0.25, 0.3) is 0 Å². The molecule has 0 bridgehead atoms. The summed E-state index contributed by atoms with van der Waals surface area (Å²) in [6, 6.07) is 1.28. The van der Waals surface area contributed by atoms with E-state index in [1.54, 1.807) is 24.0 Å². The third kappa shape index (κ3) is 2.10. The number of aromatic nitrogens is 3. The molecule has 0 saturated carbocycles. The highest BCUT2D eigenvalue weighted by Crippen LogP contribution is 2.29. The maximum Gasteiger partial charge on any atom is 0.128 e. The summed E-state index contributed by atoms with van der Waals surface area (Å²) in [5.41, 5.74) is 15.8. The highest BCUT2D eigenvalue weighted by molar-refractivity contribution is 6.30. The van der Waals surface area contributed by atoms with Crippen molar-refractivity contribution in [1.82, 2.24) is 20.2 Å². The minimum atomic E-state index is -0.412. The molecule has 0 saturated heterocycles. The Morgan fingerprint density at radius 1 is 1.33 bits per heavy atom. The van der Waals surface area contributed by atoms with Crippen LogP contribution in [0.1, 0.15) is 17.2 Å². The lowest BCUT2D eigenvalue weighted by atomic mass is 10.0. The fourth-order valence-corrected chi connectivity index (χ4v) is 1.90. The predicted octanol–water partition coefficient (Wildman–Crippen LogP) is 0.186. The lowest BCUT2D eigenvalue weighted by Crippen LogP contribution is -2.30. The van der Waals surface area contributed by atoms with Gasteiger partial charge in [0.1, 0.15) is 11.6 Å². The number of pyridine rings is 1. The minimum absolute atomic E-state index is 0.339. The second-order valence-electron chi connectivity index (χ2n) is 3.84. The minimum Gasteiger partial charge on any atom is -0.384 e. The van der Waals surface area contributed by atoms with Crippen LogP contribution in [-0.2, 0) is 7.05 Å². The molecule has 2 rings (SSSR count). The molecule has 2 aromatic rings. The van der Waals surface area contributed by atoms with E-state index < -0.39 is 6.04 Å². The van der Waals surface area contributed by atoms with Gasteiger partial charge in [0, 0.05) is 24.4 Å². The summed E-state index contributed by atoms with van der Waals surface area (Å²) in [4.78, 5) is 3.99. The topological polar surface area (TPSA) is 121 Å². The highest BCUT2D eigenvalue weighted by Gasteiger charge is 2.21. The zero-order chi connectivity index (χ0) is 13.3. The van der Waals surface area contributed by atoms with Crippen LogP contribution in [0.5, 0.6) is 0 Å². The van der Waals surface area contributed by atoms with Gasteiger partial charge in [-0.2, -0.15) is 5.10 Å². The number of hydrazine groups is 1. The molecule has 0 aliphatic heterocycles. The molecule has 7 nitrogen and oxygen atoms in total. The Labute approximate surface area is 109 Å². The summed E-state index contributed by atoms with van der Waals surface area (Å²) >= 11 is 5.91. The number of nitrogen functional groups attached to an aromatic ring is 2. The molecule has 2 heterocycles. The second-order valence-corrected chi connectivity index (χ2v) is 4.27. The van der Waals surface area contributed by atoms with Gasteiger partial charge in [-0.15, -0.1) is 0 Å². The van der Waals surface area contributed by atoms with Crippen molar-refractivity contribution >= 4 is 23.2 Å². The molecular weight excluding hydrogens is 254 g/mol. The van der Waals surface area contributed by atoms with E-state index in [9.17, 15) is 0 Å². The normalized spacial score (nSPS) is 12.6. The van der Waals surface area contributed by atoms with Gasteiger partial charge in [-0.1, -0.05) is 11.6 Å². The van der Waals surface area contributed by atoms with Gasteiger partial charge in [0.05, 0.1) is 17.3 Å². The van der Waals surface area contributed by atoms with Crippen LogP contribution < -0.4 is 22.7 Å². The van der Waals surface area contributed by atoms with Crippen LogP contribution >= 0.6 is 11.6 Å². The standard InChI is InChI=1S/C10H14ClN7/c1-18-10(13)7(4-16-18)8(17-14)6-2-5(11)3-15-9(6)12/h2-4,8,17H,13-14H2,1H3,(H2,12,15). The van der Waals surface area contributed by atoms with Crippen molar-refractivity contribution in [3.8, 4) is 0 Å². The first-order chi connectivity index (χ1) is 8.54. The molecule has 0 spiro atoms. The number of anilines is 2. The van der Waals surface area contributed by atoms with Gasteiger partial charge in [0.15, 0.2) is 0 Å². The van der Waals surface area contributed by atoms with E-state index in [-0.39, 0.29) is 0 Å². The lowest BCUT2D eigenvalue weighted by molar-refractivity contribution is 0.638. The first-order valence-electron chi connectivity index (χ1n) is 5.19. The van der Waals surface area contributed by atoms with Gasteiger partial charge in [-0.25, -0.2) is 10.4 Å². The largest absolute Gasteiger partial charge is 0.384 e. The van der Waals surface area contributed by atoms with Crippen molar-refractivity contribution in [2.45, 2.75) is 6.04 Å². The third-order valence-corrected chi connectivity index (χ3v) is 2.93. The van der Waals surface area contributed by atoms with Crippen LogP contribution in [0.3, 0.4) is 0 Å². The molecule has 0 radical (unpaired) electrons. The quantitative estimate of drug-likeness (QED) is 0.465. The summed E-state index contributed by atoms with van der Waals surface area (Å²) < 4.78 is 1.55. The molecule has 0 aliphatic carbocycles. The van der Waals surface area contributed by atoms with Crippen molar-refractivity contribution in [2.75, 3.05) is 11.5 Å². The van der Waals surface area contributed by atoms with E-state index >= 15 is 0 Å². The first-order valence-corrected chi connectivity index (χ1v) is 5.56. The monoisotopic (exact) mass is 267 g/mol. The van der Waals surface area contributed by atoms with Crippen LogP contribution in [-0.4, -0.2) is 14.8 Å². The third-order valence-electron chi connectivity index (χ3n) is 2.72. The van der Waals surface area contributed by atoms with Gasteiger partial charge in [-0.3, -0.25) is 10.5 Å². The molecule has 2 aromatic heterocycles. The average molecular weight is 268 g/mol. The van der Waals surface area contributed by atoms with Crippen molar-refractivity contribution in [1.29, 1.82) is 0 Å². The van der Waals surface area contributed by atoms with Crippen LogP contribution in [0, 0.1) is 0 Å². The Morgan fingerprint density at radius 2 is 2.06 bits per heavy atom. The molecule has 1 atom stereocenters. The molecular formula is C10H14ClN7. The van der Waals surface area contributed by atoms with E-state index in [4.69, 9.17) is 28.9 Å². The van der Waals surface area contributed by atoms with Crippen LogP contribution in [0.4, 0.5) is 11.6 Å². The van der Waals surface area contributed by atoms with Crippen LogP contribution in [0.2, 0.25) is 5.02 Å². The van der Waals surface area contributed by atoms with E-state index in [2.05, 4.69) is 15.5 Å². The Kier molecular flexibility index (Phi) is 3.37. The van der Waals surface area contributed by atoms with Gasteiger partial charge in [0.25, 0.3) is 0 Å². The molecule has 18 heavy (non-hydrogen) atoms. The predicted molar refractivity (Wildman–Crippen MR) is 70.4 cm³/mol. The number of rotatable bonds is 3. The molecule has 96 valence electrons. The number of aryl methyl sites for hydroxylation is 1. The van der Waals surface area contributed by atoms with Crippen molar-refractivity contribution in [3.63, 3.8) is 0 Å². The lowest BCUT2D eigenvalue weighted by Gasteiger charge is -2.17. The Morgan fingerprint density at radius 3 is 2.61 bits per heavy atom. The number of nitrogens with two attached hydrogens (primary N) is 3. The fourth-order valence-electron chi connectivity index (χ4n) is 1.73. The van der Waals surface area contributed by atoms with Crippen molar-refractivity contribution < 1.29 is 0 Å². The second kappa shape index (κ2) is 4.81. The molecule has 7 N–H and O–H groups in total. The van der Waals surface area contributed by atoms with E-state index in [0.29, 0.717) is 22.2 Å². The van der Waals surface area contributed by atoms with Gasteiger partial charge in [-0.05, 0) is 6.07 Å². The summed E-state index contributed by atoms with van der Waals surface area (Å²) in [5, 5.41) is 4.54. The zero-order valence-electron chi connectivity index (χ0n) is 9.76. The molecule has 0 amide bonds. The average Bonchev–Trinajstić information content (AvgIpc) is 2.67. The zero-order valence-corrected chi connectivity index (χ0v) is 10.5. The Balaban J connectivity index is 2.51. The number of hydrogen-bond donors (Lipinski definition) is 4. The SMILES string of the molecule is Cn1ncc(C(NN)c2cc(Cl)cnc2N)c1N. The molecule has 0 aromatic carbocycles. The Bertz CT molecular complexity index is 565. The molecule has 0 aliphatic rings. The summed E-state index contributed by atoms with van der Waals surface area (Å²) in [6.07, 6.45) is 3.10. The van der Waals surface area contributed by atoms with E-state index in [1.807, 2.05) is 0 Å². The van der Waals surface area contributed by atoms with E-state index in [0.717, 1.165) is 5.56 Å². The van der Waals surface area contributed by atoms with E-state index in [1.165, 1.54) is 6.20 Å². The van der Waals surface area contributed by atoms with Gasteiger partial charge in [0.2, 0.25) is 0 Å². The van der Waals surface area contributed by atoms with Gasteiger partial charge >= 0.3 is 0 Å². The maximum atomic E-state index is 5.92. The molecule has 0 fully saturated rings. The first kappa shape index (κ1) is 12.6. The summed E-state index contributed by atoms with van der Waals surface area (Å²) in [5.74, 6) is 6.40. The molecule has 8 heteroatoms. The number of hydrogen-bond acceptors (Lipinski definition) is 6. The Hall–Kier alpha value is -1.83. The number of nitrogens with one attached hydrogen (secondary N) is 1. The van der Waals surface area contributed by atoms with Crippen LogP contribution in [0.15, 0.2) is 18.5 Å². The maximum absolute atomic E-state index is 5.92. The number of nitrogens with zero attached hydrogens (tertiary/aromatic N) is 3. The highest BCUT2D eigenvalue weighted by atomic mass is 35.5. The fraction of sp³-hybridized carbons (Fsp3) is 0.200.